The summed E-state index contributed by atoms with van der Waals surface area (Å²) in [7, 11) is 0. The molecule has 0 radical (unpaired) electrons. The van der Waals surface area contributed by atoms with E-state index in [2.05, 4.69) is 10.1 Å². The van der Waals surface area contributed by atoms with E-state index in [1.54, 1.807) is 18.3 Å². The van der Waals surface area contributed by atoms with Crippen LogP contribution in [-0.4, -0.2) is 14.8 Å². The van der Waals surface area contributed by atoms with Crippen LogP contribution in [0.1, 0.15) is 0 Å². The van der Waals surface area contributed by atoms with E-state index in [1.165, 1.54) is 10.7 Å². The summed E-state index contributed by atoms with van der Waals surface area (Å²) in [5.74, 6) is 0.235. The Kier molecular flexibility index (Phi) is 2.72. The van der Waals surface area contributed by atoms with Gasteiger partial charge in [-0.25, -0.2) is 9.67 Å². The summed E-state index contributed by atoms with van der Waals surface area (Å²) in [6.07, 6.45) is 1.74. The van der Waals surface area contributed by atoms with Gasteiger partial charge in [0.05, 0.1) is 0 Å². The Morgan fingerprint density at radius 2 is 1.79 bits per heavy atom. The number of benzene rings is 1. The van der Waals surface area contributed by atoms with E-state index in [0.29, 0.717) is 11.6 Å². The average Bonchev–Trinajstić information content (AvgIpc) is 2.82. The van der Waals surface area contributed by atoms with Crippen molar-refractivity contribution in [3.63, 3.8) is 0 Å². The minimum atomic E-state index is -0.548. The number of halogens is 1. The monoisotopic (exact) mass is 254 g/mol. The lowest BCUT2D eigenvalue weighted by Crippen LogP contribution is -2.00. The number of hydrogen-bond acceptors (Lipinski definition) is 3. The number of nitrogens with two attached hydrogens (primary N) is 1. The van der Waals surface area contributed by atoms with E-state index in [0.717, 1.165) is 11.1 Å². The van der Waals surface area contributed by atoms with Gasteiger partial charge < -0.3 is 5.73 Å². The molecule has 2 aromatic heterocycles. The molecule has 0 fully saturated rings. The van der Waals surface area contributed by atoms with Gasteiger partial charge in [0.2, 0.25) is 5.95 Å². The van der Waals surface area contributed by atoms with Gasteiger partial charge in [0.15, 0.2) is 11.6 Å². The lowest BCUT2D eigenvalue weighted by molar-refractivity contribution is 0.577. The van der Waals surface area contributed by atoms with Crippen molar-refractivity contribution in [3.05, 3.63) is 60.7 Å². The summed E-state index contributed by atoms with van der Waals surface area (Å²) in [6.45, 7) is 0. The van der Waals surface area contributed by atoms with Gasteiger partial charge in [-0.3, -0.25) is 0 Å². The molecule has 5 heteroatoms. The third-order valence-corrected chi connectivity index (χ3v) is 2.76. The van der Waals surface area contributed by atoms with Crippen LogP contribution >= 0.6 is 0 Å². The average molecular weight is 254 g/mol. The third-order valence-electron chi connectivity index (χ3n) is 2.76. The van der Waals surface area contributed by atoms with Crippen molar-refractivity contribution >= 4 is 5.82 Å². The number of nitrogens with zero attached hydrogens (tertiary/aromatic N) is 3. The molecular weight excluding hydrogens is 243 g/mol. The van der Waals surface area contributed by atoms with Crippen LogP contribution in [0, 0.1) is 5.95 Å². The highest BCUT2D eigenvalue weighted by atomic mass is 19.1. The normalized spacial score (nSPS) is 10.6. The van der Waals surface area contributed by atoms with Gasteiger partial charge in [-0.05, 0) is 17.7 Å². The molecule has 0 unspecified atom stereocenters. The molecule has 2 heterocycles. The lowest BCUT2D eigenvalue weighted by atomic mass is 10.1. The number of nitrogen functional groups attached to an aromatic ring is 1. The van der Waals surface area contributed by atoms with Crippen molar-refractivity contribution in [1.82, 2.24) is 14.8 Å². The summed E-state index contributed by atoms with van der Waals surface area (Å²) < 4.78 is 14.6. The van der Waals surface area contributed by atoms with Crippen LogP contribution in [0.2, 0.25) is 0 Å². The summed E-state index contributed by atoms with van der Waals surface area (Å²) >= 11 is 0. The van der Waals surface area contributed by atoms with Gasteiger partial charge in [0.25, 0.3) is 0 Å². The molecule has 19 heavy (non-hydrogen) atoms. The topological polar surface area (TPSA) is 56.7 Å². The van der Waals surface area contributed by atoms with Gasteiger partial charge >= 0.3 is 0 Å². The zero-order chi connectivity index (χ0) is 13.2. The quantitative estimate of drug-likeness (QED) is 0.715. The fraction of sp³-hybridized carbons (Fsp3) is 0. The zero-order valence-electron chi connectivity index (χ0n) is 9.99. The maximum Gasteiger partial charge on any atom is 0.214 e. The summed E-state index contributed by atoms with van der Waals surface area (Å²) in [5, 5.41) is 4.16. The maximum atomic E-state index is 13.1. The first kappa shape index (κ1) is 11.4. The van der Waals surface area contributed by atoms with E-state index in [-0.39, 0.29) is 0 Å². The summed E-state index contributed by atoms with van der Waals surface area (Å²) in [5.41, 5.74) is 7.65. The van der Waals surface area contributed by atoms with Gasteiger partial charge in [0.1, 0.15) is 0 Å². The van der Waals surface area contributed by atoms with Crippen molar-refractivity contribution in [1.29, 1.82) is 0 Å². The second-order valence-corrected chi connectivity index (χ2v) is 4.06. The smallest absolute Gasteiger partial charge is 0.214 e. The second kappa shape index (κ2) is 4.53. The molecule has 0 atom stereocenters. The van der Waals surface area contributed by atoms with Crippen LogP contribution in [0.15, 0.2) is 54.7 Å². The Hall–Kier alpha value is -2.69. The molecule has 94 valence electrons. The van der Waals surface area contributed by atoms with Crippen LogP contribution in [0.4, 0.5) is 10.2 Å². The largest absolute Gasteiger partial charge is 0.382 e. The Bertz CT molecular complexity index is 706. The summed E-state index contributed by atoms with van der Waals surface area (Å²) in [6, 6.07) is 14.2. The fourth-order valence-corrected chi connectivity index (χ4v) is 1.87. The first-order valence-electron chi connectivity index (χ1n) is 5.77. The molecule has 0 amide bonds. The highest BCUT2D eigenvalue weighted by Gasteiger charge is 2.09. The zero-order valence-corrected chi connectivity index (χ0v) is 9.99. The first-order chi connectivity index (χ1) is 9.24. The van der Waals surface area contributed by atoms with E-state index < -0.39 is 5.95 Å². The number of pyridine rings is 1. The fourth-order valence-electron chi connectivity index (χ4n) is 1.87. The molecule has 1 aromatic carbocycles. The molecule has 0 aliphatic carbocycles. The number of aromatic nitrogens is 3. The predicted octanol–water partition coefficient (Wildman–Crippen LogP) is 2.66. The van der Waals surface area contributed by atoms with Crippen LogP contribution in [0.3, 0.4) is 0 Å². The molecule has 0 saturated carbocycles. The Labute approximate surface area is 109 Å². The molecule has 0 bridgehead atoms. The van der Waals surface area contributed by atoms with Crippen LogP contribution in [0.25, 0.3) is 16.9 Å². The molecule has 0 aliphatic rings. The second-order valence-electron chi connectivity index (χ2n) is 4.06. The minimum absolute atomic E-state index is 0.386. The van der Waals surface area contributed by atoms with Gasteiger partial charge in [-0.1, -0.05) is 36.4 Å². The highest BCUT2D eigenvalue weighted by molar-refractivity contribution is 5.73. The Balaban J connectivity index is 2.07. The number of rotatable bonds is 2. The Morgan fingerprint density at radius 3 is 2.53 bits per heavy atom. The number of hydrogen-bond donors (Lipinski definition) is 1. The molecule has 4 nitrogen and oxygen atoms in total. The van der Waals surface area contributed by atoms with Crippen molar-refractivity contribution in [3.8, 4) is 16.9 Å². The SMILES string of the molecule is Nc1nn(-c2cccc(F)n2)cc1-c1ccccc1. The van der Waals surface area contributed by atoms with E-state index in [9.17, 15) is 4.39 Å². The molecule has 0 aliphatic heterocycles. The van der Waals surface area contributed by atoms with Crippen molar-refractivity contribution < 1.29 is 4.39 Å². The van der Waals surface area contributed by atoms with Crippen LogP contribution in [-0.2, 0) is 0 Å². The van der Waals surface area contributed by atoms with E-state index in [4.69, 9.17) is 5.73 Å². The van der Waals surface area contributed by atoms with Crippen molar-refractivity contribution in [2.45, 2.75) is 0 Å². The van der Waals surface area contributed by atoms with Crippen molar-refractivity contribution in [2.24, 2.45) is 0 Å². The van der Waals surface area contributed by atoms with E-state index in [1.807, 2.05) is 30.3 Å². The minimum Gasteiger partial charge on any atom is -0.382 e. The lowest BCUT2D eigenvalue weighted by Gasteiger charge is -1.98. The van der Waals surface area contributed by atoms with Gasteiger partial charge in [-0.2, -0.15) is 4.39 Å². The molecule has 3 rings (SSSR count). The molecule has 2 N–H and O–H groups in total. The first-order valence-corrected chi connectivity index (χ1v) is 5.77. The number of anilines is 1. The molecule has 0 saturated heterocycles. The summed E-state index contributed by atoms with van der Waals surface area (Å²) in [4.78, 5) is 3.77. The van der Waals surface area contributed by atoms with Crippen LogP contribution in [0.5, 0.6) is 0 Å². The maximum absolute atomic E-state index is 13.1. The molecule has 0 spiro atoms. The predicted molar refractivity (Wildman–Crippen MR) is 71.2 cm³/mol. The highest BCUT2D eigenvalue weighted by Crippen LogP contribution is 2.25. The standard InChI is InChI=1S/C14H11FN4/c15-12-7-4-8-13(17-12)19-9-11(14(16)18-19)10-5-2-1-3-6-10/h1-9H,(H2,16,18). The Morgan fingerprint density at radius 1 is 1.00 bits per heavy atom. The third kappa shape index (κ3) is 2.18. The van der Waals surface area contributed by atoms with Gasteiger partial charge in [0, 0.05) is 11.8 Å². The van der Waals surface area contributed by atoms with Crippen LogP contribution < -0.4 is 5.73 Å². The molecule has 3 aromatic rings. The van der Waals surface area contributed by atoms with Crippen molar-refractivity contribution in [2.75, 3.05) is 5.73 Å². The van der Waals surface area contributed by atoms with E-state index >= 15 is 0 Å². The van der Waals surface area contributed by atoms with Gasteiger partial charge in [-0.15, -0.1) is 5.10 Å². The molecular formula is C14H11FN4.